The van der Waals surface area contributed by atoms with Gasteiger partial charge in [-0.3, -0.25) is 9.59 Å². The quantitative estimate of drug-likeness (QED) is 0.660. The van der Waals surface area contributed by atoms with Crippen molar-refractivity contribution in [2.75, 3.05) is 13.7 Å². The van der Waals surface area contributed by atoms with Gasteiger partial charge in [0.05, 0.1) is 18.2 Å². The lowest BCUT2D eigenvalue weighted by atomic mass is 9.82. The molecule has 0 fully saturated rings. The predicted octanol–water partition coefficient (Wildman–Crippen LogP) is 4.07. The van der Waals surface area contributed by atoms with Crippen LogP contribution in [0.2, 0.25) is 0 Å². The van der Waals surface area contributed by atoms with Crippen LogP contribution in [-0.4, -0.2) is 25.3 Å². The van der Waals surface area contributed by atoms with Gasteiger partial charge in [0, 0.05) is 16.7 Å². The average molecular weight is 334 g/mol. The Balaban J connectivity index is 2.36. The number of benzene rings is 2. The van der Waals surface area contributed by atoms with Crippen molar-refractivity contribution in [3.05, 3.63) is 76.9 Å². The lowest BCUT2D eigenvalue weighted by Gasteiger charge is -2.23. The molecule has 0 unspecified atom stereocenters. The van der Waals surface area contributed by atoms with Crippen molar-refractivity contribution in [3.63, 3.8) is 0 Å². The van der Waals surface area contributed by atoms with E-state index in [4.69, 9.17) is 9.47 Å². The first kappa shape index (κ1) is 16.7. The third-order valence-corrected chi connectivity index (χ3v) is 4.05. The van der Waals surface area contributed by atoms with E-state index in [2.05, 4.69) is 6.58 Å². The minimum atomic E-state index is -0.241. The number of ketones is 2. The normalized spacial score (nSPS) is 12.7. The van der Waals surface area contributed by atoms with Crippen LogP contribution in [0.25, 0.3) is 6.08 Å². The fourth-order valence-electron chi connectivity index (χ4n) is 3.04. The Bertz CT molecular complexity index is 906. The van der Waals surface area contributed by atoms with Gasteiger partial charge in [-0.25, -0.2) is 0 Å². The fourth-order valence-corrected chi connectivity index (χ4v) is 3.04. The van der Waals surface area contributed by atoms with Crippen molar-refractivity contribution in [2.24, 2.45) is 0 Å². The first-order valence-electron chi connectivity index (χ1n) is 7.93. The van der Waals surface area contributed by atoms with Gasteiger partial charge in [0.25, 0.3) is 0 Å². The molecule has 1 aliphatic rings. The maximum Gasteiger partial charge on any atom is 0.198 e. The third-order valence-electron chi connectivity index (χ3n) is 4.05. The molecule has 0 spiro atoms. The van der Waals surface area contributed by atoms with E-state index in [1.165, 1.54) is 7.11 Å². The summed E-state index contributed by atoms with van der Waals surface area (Å²) in [7, 11) is 1.49. The van der Waals surface area contributed by atoms with Crippen molar-refractivity contribution in [1.82, 2.24) is 0 Å². The SMILES string of the molecule is C=CCOc1cc(/C=C/C)c(OC)c2c1C(=O)c1ccccc1C2=O. The number of ether oxygens (including phenoxy) is 2. The van der Waals surface area contributed by atoms with E-state index >= 15 is 0 Å². The van der Waals surface area contributed by atoms with Crippen LogP contribution in [0, 0.1) is 0 Å². The predicted molar refractivity (Wildman–Crippen MR) is 96.7 cm³/mol. The summed E-state index contributed by atoms with van der Waals surface area (Å²) in [5.74, 6) is 0.259. The van der Waals surface area contributed by atoms with Gasteiger partial charge >= 0.3 is 0 Å². The van der Waals surface area contributed by atoms with Gasteiger partial charge in [0.1, 0.15) is 18.1 Å². The van der Waals surface area contributed by atoms with Gasteiger partial charge in [0.15, 0.2) is 11.6 Å². The van der Waals surface area contributed by atoms with Crippen LogP contribution in [0.1, 0.15) is 44.3 Å². The van der Waals surface area contributed by atoms with Gasteiger partial charge in [0.2, 0.25) is 0 Å². The van der Waals surface area contributed by atoms with E-state index in [0.717, 1.165) is 0 Å². The molecule has 0 amide bonds. The van der Waals surface area contributed by atoms with Gasteiger partial charge in [-0.05, 0) is 13.0 Å². The largest absolute Gasteiger partial charge is 0.495 e. The molecule has 4 heteroatoms. The molecule has 25 heavy (non-hydrogen) atoms. The first-order chi connectivity index (χ1) is 12.1. The van der Waals surface area contributed by atoms with Crippen molar-refractivity contribution in [3.8, 4) is 11.5 Å². The third kappa shape index (κ3) is 2.66. The second-order valence-electron chi connectivity index (χ2n) is 5.55. The number of carbonyl (C=O) groups is 2. The second kappa shape index (κ2) is 6.77. The molecule has 0 atom stereocenters. The Hall–Kier alpha value is -3.14. The Kier molecular flexibility index (Phi) is 4.52. The minimum Gasteiger partial charge on any atom is -0.495 e. The zero-order valence-electron chi connectivity index (χ0n) is 14.2. The number of hydrogen-bond acceptors (Lipinski definition) is 4. The molecule has 1 aliphatic carbocycles. The molecule has 0 saturated carbocycles. The highest BCUT2D eigenvalue weighted by Crippen LogP contribution is 2.41. The van der Waals surface area contributed by atoms with Crippen molar-refractivity contribution in [2.45, 2.75) is 6.92 Å². The summed E-state index contributed by atoms with van der Waals surface area (Å²) in [6.45, 7) is 5.73. The summed E-state index contributed by atoms with van der Waals surface area (Å²) in [6.07, 6.45) is 5.25. The average Bonchev–Trinajstić information content (AvgIpc) is 2.64. The van der Waals surface area contributed by atoms with Gasteiger partial charge in [-0.1, -0.05) is 49.1 Å². The summed E-state index contributed by atoms with van der Waals surface area (Å²) < 4.78 is 11.2. The van der Waals surface area contributed by atoms with E-state index in [9.17, 15) is 9.59 Å². The molecular weight excluding hydrogens is 316 g/mol. The maximum atomic E-state index is 13.1. The smallest absolute Gasteiger partial charge is 0.198 e. The molecule has 2 aromatic rings. The number of fused-ring (bicyclic) bond motifs is 2. The lowest BCUT2D eigenvalue weighted by Crippen LogP contribution is -2.23. The van der Waals surface area contributed by atoms with Crippen molar-refractivity contribution in [1.29, 1.82) is 0 Å². The Morgan fingerprint density at radius 2 is 1.72 bits per heavy atom. The van der Waals surface area contributed by atoms with E-state index < -0.39 is 0 Å². The van der Waals surface area contributed by atoms with Crippen LogP contribution in [-0.2, 0) is 0 Å². The number of rotatable bonds is 5. The summed E-state index contributed by atoms with van der Waals surface area (Å²) in [6, 6.07) is 8.52. The summed E-state index contributed by atoms with van der Waals surface area (Å²) in [5.41, 5.74) is 1.94. The Labute approximate surface area is 146 Å². The highest BCUT2D eigenvalue weighted by molar-refractivity contribution is 6.30. The molecule has 0 saturated heterocycles. The molecule has 0 aromatic heterocycles. The summed E-state index contributed by atoms with van der Waals surface area (Å²) in [5, 5.41) is 0. The van der Waals surface area contributed by atoms with Crippen LogP contribution in [0.5, 0.6) is 11.5 Å². The standard InChI is InChI=1S/C21H18O4/c1-4-8-13-12-16(25-11-5-2)17-18(21(13)24-3)20(23)15-10-7-6-9-14(15)19(17)22/h4-10,12H,2,11H2,1,3H3/b8-4+. The Morgan fingerprint density at radius 1 is 1.08 bits per heavy atom. The summed E-state index contributed by atoms with van der Waals surface area (Å²) >= 11 is 0. The molecule has 3 rings (SSSR count). The molecular formula is C21H18O4. The molecule has 126 valence electrons. The van der Waals surface area contributed by atoms with Crippen LogP contribution in [0.4, 0.5) is 0 Å². The van der Waals surface area contributed by atoms with Crippen LogP contribution >= 0.6 is 0 Å². The number of methoxy groups -OCH3 is 1. The first-order valence-corrected chi connectivity index (χ1v) is 7.93. The maximum absolute atomic E-state index is 13.1. The molecule has 0 N–H and O–H groups in total. The zero-order valence-corrected chi connectivity index (χ0v) is 14.2. The zero-order chi connectivity index (χ0) is 18.0. The topological polar surface area (TPSA) is 52.6 Å². The molecule has 0 heterocycles. The van der Waals surface area contributed by atoms with E-state index in [-0.39, 0.29) is 29.3 Å². The molecule has 0 aliphatic heterocycles. The van der Waals surface area contributed by atoms with E-state index in [1.54, 1.807) is 36.4 Å². The number of hydrogen-bond donors (Lipinski definition) is 0. The van der Waals surface area contributed by atoms with Crippen molar-refractivity contribution < 1.29 is 19.1 Å². The van der Waals surface area contributed by atoms with Gasteiger partial charge in [-0.2, -0.15) is 0 Å². The number of allylic oxidation sites excluding steroid dienone is 1. The highest BCUT2D eigenvalue weighted by Gasteiger charge is 2.36. The van der Waals surface area contributed by atoms with Crippen LogP contribution in [0.15, 0.2) is 49.1 Å². The van der Waals surface area contributed by atoms with Crippen LogP contribution in [0.3, 0.4) is 0 Å². The van der Waals surface area contributed by atoms with E-state index in [0.29, 0.717) is 28.2 Å². The van der Waals surface area contributed by atoms with Crippen molar-refractivity contribution >= 4 is 17.6 Å². The molecule has 4 nitrogen and oxygen atoms in total. The lowest BCUT2D eigenvalue weighted by molar-refractivity contribution is 0.0973. The fraction of sp³-hybridized carbons (Fsp3) is 0.143. The van der Waals surface area contributed by atoms with Gasteiger partial charge in [-0.15, -0.1) is 0 Å². The Morgan fingerprint density at radius 3 is 2.28 bits per heavy atom. The highest BCUT2D eigenvalue weighted by atomic mass is 16.5. The number of carbonyl (C=O) groups excluding carboxylic acids is 2. The van der Waals surface area contributed by atoms with Crippen LogP contribution < -0.4 is 9.47 Å². The second-order valence-corrected chi connectivity index (χ2v) is 5.55. The summed E-state index contributed by atoms with van der Waals surface area (Å²) in [4.78, 5) is 26.1. The van der Waals surface area contributed by atoms with E-state index in [1.807, 2.05) is 19.1 Å². The molecule has 0 bridgehead atoms. The molecule has 2 aromatic carbocycles. The monoisotopic (exact) mass is 334 g/mol. The minimum absolute atomic E-state index is 0.233. The van der Waals surface area contributed by atoms with Gasteiger partial charge < -0.3 is 9.47 Å². The molecule has 0 radical (unpaired) electrons.